The van der Waals surface area contributed by atoms with Crippen molar-refractivity contribution in [3.05, 3.63) is 196 Å². The van der Waals surface area contributed by atoms with E-state index in [2.05, 4.69) is 161 Å². The molecule has 67 heavy (non-hydrogen) atoms. The SMILES string of the molecule is C=C1CC(c2ccc(Cl)cc2)(c2nnc3n2CCCCCC3)C1.CP(Br)(c1ccccc1)(c1ccccc1)c1ccccc1.O=C1CC(c2ccc(Cl)cc2)(c2nnc3n2CCCCCC3)C1. The normalized spacial score (nSPS) is 18.1. The summed E-state index contributed by atoms with van der Waals surface area (Å²) in [4.78, 5) is 11.9. The molecule has 0 unspecified atom stereocenters. The van der Waals surface area contributed by atoms with Gasteiger partial charge in [0, 0.05) is 48.8 Å². The van der Waals surface area contributed by atoms with Gasteiger partial charge in [0.2, 0.25) is 0 Å². The van der Waals surface area contributed by atoms with Gasteiger partial charge in [-0.1, -0.05) is 85.3 Å². The van der Waals surface area contributed by atoms with E-state index >= 15 is 0 Å². The molecule has 2 aliphatic heterocycles. The summed E-state index contributed by atoms with van der Waals surface area (Å²) in [6.45, 7) is 8.54. The summed E-state index contributed by atoms with van der Waals surface area (Å²) in [5.41, 5.74) is 3.33. The second kappa shape index (κ2) is 20.1. The van der Waals surface area contributed by atoms with E-state index in [0.29, 0.717) is 23.6 Å². The number of hydrogen-bond donors (Lipinski definition) is 0. The minimum absolute atomic E-state index is 0.0634. The molecule has 0 bridgehead atoms. The number of carbonyl (C=O) groups excluding carboxylic acids is 1. The maximum Gasteiger partial charge on any atom is 0.144 e. The van der Waals surface area contributed by atoms with Gasteiger partial charge in [-0.05, 0) is 73.9 Å². The van der Waals surface area contributed by atoms with Crippen molar-refractivity contribution < 1.29 is 4.79 Å². The number of nitrogens with zero attached hydrogens (tertiary/aromatic N) is 6. The van der Waals surface area contributed by atoms with E-state index in [1.165, 1.54) is 72.0 Å². The molecular weight excluding hydrogens is 954 g/mol. The Labute approximate surface area is 414 Å². The molecule has 0 atom stereocenters. The maximum atomic E-state index is 11.9. The fraction of sp³-hybridized carbons (Fsp3) is 0.339. The third-order valence-corrected chi connectivity index (χ3v) is 23.3. The summed E-state index contributed by atoms with van der Waals surface area (Å²) in [5, 5.41) is 21.1. The molecule has 0 N–H and O–H groups in total. The number of hydrogen-bond acceptors (Lipinski definition) is 5. The minimum atomic E-state index is -2.56. The molecule has 11 rings (SSSR count). The van der Waals surface area contributed by atoms with Gasteiger partial charge in [-0.2, -0.15) is 0 Å². The molecule has 2 saturated carbocycles. The molecule has 7 aromatic rings. The second-order valence-electron chi connectivity index (χ2n) is 19.1. The molecule has 4 heterocycles. The van der Waals surface area contributed by atoms with Crippen molar-refractivity contribution in [2.75, 3.05) is 6.66 Å². The summed E-state index contributed by atoms with van der Waals surface area (Å²) in [7, 11) is 0. The number of benzene rings is 5. The van der Waals surface area contributed by atoms with Gasteiger partial charge in [-0.15, -0.1) is 20.4 Å². The Morgan fingerprint density at radius 2 is 0.866 bits per heavy atom. The Kier molecular flexibility index (Phi) is 14.2. The summed E-state index contributed by atoms with van der Waals surface area (Å²) in [6.07, 6.45) is 14.9. The molecule has 0 radical (unpaired) electrons. The van der Waals surface area contributed by atoms with Gasteiger partial charge in [-0.3, -0.25) is 4.79 Å². The number of fused-ring (bicyclic) bond motifs is 2. The number of allylic oxidation sites excluding steroid dienone is 1. The van der Waals surface area contributed by atoms with Crippen molar-refractivity contribution in [1.82, 2.24) is 29.5 Å². The first-order valence-corrected chi connectivity index (χ1v) is 29.4. The van der Waals surface area contributed by atoms with E-state index in [9.17, 15) is 4.79 Å². The summed E-state index contributed by atoms with van der Waals surface area (Å²) in [5.74, 6) is 4.63. The van der Waals surface area contributed by atoms with Gasteiger partial charge in [0.25, 0.3) is 0 Å². The van der Waals surface area contributed by atoms with Crippen LogP contribution in [0.3, 0.4) is 0 Å². The second-order valence-corrected chi connectivity index (χ2v) is 29.7. The van der Waals surface area contributed by atoms with Gasteiger partial charge in [0.05, 0.1) is 10.8 Å². The van der Waals surface area contributed by atoms with Crippen LogP contribution in [0.2, 0.25) is 10.0 Å². The molecule has 0 amide bonds. The van der Waals surface area contributed by atoms with E-state index < -0.39 is 5.31 Å². The summed E-state index contributed by atoms with van der Waals surface area (Å²) in [6, 6.07) is 48.4. The molecule has 2 aromatic heterocycles. The molecule has 7 nitrogen and oxygen atoms in total. The fourth-order valence-electron chi connectivity index (χ4n) is 10.8. The number of aromatic nitrogens is 6. The average Bonchev–Trinajstić information content (AvgIpc) is 3.90. The van der Waals surface area contributed by atoms with Crippen LogP contribution in [-0.4, -0.2) is 42.0 Å². The molecule has 2 aliphatic carbocycles. The number of aryl methyl sites for hydroxylation is 2. The Morgan fingerprint density at radius 1 is 0.507 bits per heavy atom. The van der Waals surface area contributed by atoms with Gasteiger partial charge < -0.3 is 9.13 Å². The van der Waals surface area contributed by atoms with Crippen molar-refractivity contribution in [2.24, 2.45) is 0 Å². The fourth-order valence-corrected chi connectivity index (χ4v) is 16.7. The molecular formula is C56H60BrCl2N6OP. The first-order chi connectivity index (χ1) is 32.5. The van der Waals surface area contributed by atoms with Crippen LogP contribution in [0, 0.1) is 0 Å². The Hall–Kier alpha value is -4.72. The van der Waals surface area contributed by atoms with Crippen molar-refractivity contribution in [3.8, 4) is 0 Å². The van der Waals surface area contributed by atoms with Gasteiger partial charge in [0.15, 0.2) is 0 Å². The van der Waals surface area contributed by atoms with Crippen LogP contribution in [0.25, 0.3) is 0 Å². The van der Waals surface area contributed by atoms with E-state index in [4.69, 9.17) is 23.2 Å². The summed E-state index contributed by atoms with van der Waals surface area (Å²) < 4.78 is 4.67. The molecule has 5 aromatic carbocycles. The van der Waals surface area contributed by atoms with E-state index in [1.807, 2.05) is 36.4 Å². The summed E-state index contributed by atoms with van der Waals surface area (Å²) >= 11 is 16.4. The standard InChI is InChI=1S/C19H18BrP.C19H22ClN3.C18H20ClN3O/c1-21(20,17-11-5-2-6-12-17,18-13-7-3-8-14-18)19-15-9-4-10-16-19;1-14-12-19(13-14,15-7-9-16(20)10-8-15)18-22-21-17-6-4-2-3-5-11-23(17)18;19-14-8-6-13(7-9-14)18(11-15(23)12-18)17-21-20-16-5-3-1-2-4-10-22(16)17/h2-16H,1H3;7-10H,1-6,11-13H2;6-9H,1-5,10-12H2. The Bertz CT molecular complexity index is 2560. The average molecular weight is 1010 g/mol. The van der Waals surface area contributed by atoms with E-state index in [-0.39, 0.29) is 10.8 Å². The minimum Gasteiger partial charge on any atom is -0.314 e. The number of halogens is 3. The number of carbonyl (C=O) groups is 1. The molecule has 346 valence electrons. The van der Waals surface area contributed by atoms with E-state index in [1.54, 1.807) is 0 Å². The van der Waals surface area contributed by atoms with Gasteiger partial charge >= 0.3 is 134 Å². The third-order valence-electron chi connectivity index (χ3n) is 14.6. The molecule has 11 heteroatoms. The van der Waals surface area contributed by atoms with Gasteiger partial charge in [-0.25, -0.2) is 0 Å². The van der Waals surface area contributed by atoms with Crippen LogP contribution < -0.4 is 15.9 Å². The van der Waals surface area contributed by atoms with Crippen molar-refractivity contribution in [2.45, 2.75) is 114 Å². The number of Topliss-reactive ketones (excluding diaryl/α,β-unsaturated/α-hetero) is 1. The van der Waals surface area contributed by atoms with Gasteiger partial charge in [0.1, 0.15) is 29.1 Å². The first-order valence-electron chi connectivity index (χ1n) is 24.0. The largest absolute Gasteiger partial charge is 0.314 e. The van der Waals surface area contributed by atoms with Crippen LogP contribution in [0.15, 0.2) is 152 Å². The van der Waals surface area contributed by atoms with E-state index in [0.717, 1.165) is 79.1 Å². The number of ketones is 1. The molecule has 2 fully saturated rings. The van der Waals surface area contributed by atoms with Crippen LogP contribution in [0.1, 0.15) is 111 Å². The number of rotatable bonds is 7. The van der Waals surface area contributed by atoms with Crippen LogP contribution in [-0.2, 0) is 41.6 Å². The Morgan fingerprint density at radius 3 is 1.22 bits per heavy atom. The van der Waals surface area contributed by atoms with Crippen molar-refractivity contribution in [3.63, 3.8) is 0 Å². The molecule has 0 saturated heterocycles. The van der Waals surface area contributed by atoms with Crippen molar-refractivity contribution in [1.29, 1.82) is 0 Å². The predicted octanol–water partition coefficient (Wildman–Crippen LogP) is 12.8. The molecule has 0 spiro atoms. The maximum absolute atomic E-state index is 11.9. The Balaban J connectivity index is 0.000000126. The zero-order valence-electron chi connectivity index (χ0n) is 38.5. The third kappa shape index (κ3) is 9.41. The zero-order valence-corrected chi connectivity index (χ0v) is 42.5. The topological polar surface area (TPSA) is 78.5 Å². The van der Waals surface area contributed by atoms with Crippen LogP contribution in [0.5, 0.6) is 0 Å². The monoisotopic (exact) mass is 1010 g/mol. The smallest absolute Gasteiger partial charge is 0.144 e. The quantitative estimate of drug-likeness (QED) is 0.117. The van der Waals surface area contributed by atoms with Crippen molar-refractivity contribution >= 4 is 65.7 Å². The van der Waals surface area contributed by atoms with Crippen LogP contribution in [0.4, 0.5) is 0 Å². The van der Waals surface area contributed by atoms with Crippen LogP contribution >= 0.6 is 44.0 Å². The first kappa shape index (κ1) is 47.4. The zero-order chi connectivity index (χ0) is 46.5. The molecule has 4 aliphatic rings. The predicted molar refractivity (Wildman–Crippen MR) is 281 cm³/mol.